The Labute approximate surface area is 124 Å². The number of benzene rings is 1. The summed E-state index contributed by atoms with van der Waals surface area (Å²) in [6, 6.07) is 3.03. The molecular weight excluding hydrogens is 322 g/mol. The van der Waals surface area contributed by atoms with Crippen LogP contribution in [0.1, 0.15) is 0 Å². The zero-order valence-corrected chi connectivity index (χ0v) is 12.0. The molecule has 7 heteroatoms. The normalized spacial score (nSPS) is 9.78. The van der Waals surface area contributed by atoms with Crippen molar-refractivity contribution in [3.05, 3.63) is 32.7 Å². The first-order valence-electron chi connectivity index (χ1n) is 4.74. The molecule has 3 nitrogen and oxygen atoms in total. The molecule has 18 heavy (non-hydrogen) atoms. The second-order valence-electron chi connectivity index (χ2n) is 3.00. The molecule has 0 bridgehead atoms. The lowest BCUT2D eigenvalue weighted by Gasteiger charge is -2.10. The molecule has 0 atom stereocenters. The van der Waals surface area contributed by atoms with E-state index in [1.54, 1.807) is 0 Å². The monoisotopic (exact) mass is 328 g/mol. The molecule has 1 aromatic rings. The van der Waals surface area contributed by atoms with E-state index >= 15 is 0 Å². The summed E-state index contributed by atoms with van der Waals surface area (Å²) < 4.78 is 10.5. The number of hydrogen-bond acceptors (Lipinski definition) is 3. The maximum absolute atomic E-state index is 10.2. The van der Waals surface area contributed by atoms with Crippen molar-refractivity contribution in [1.82, 2.24) is 0 Å². The number of rotatable bonds is 6. The van der Waals surface area contributed by atoms with Gasteiger partial charge in [0.1, 0.15) is 23.5 Å². The Hall–Kier alpha value is -0.610. The van der Waals surface area contributed by atoms with E-state index in [0.717, 1.165) is 0 Å². The Kier molecular flexibility index (Phi) is 6.65. The lowest BCUT2D eigenvalue weighted by Crippen LogP contribution is -2.00. The van der Waals surface area contributed by atoms with Gasteiger partial charge < -0.3 is 9.47 Å². The summed E-state index contributed by atoms with van der Waals surface area (Å²) in [6.45, 7) is 0.0633. The number of ether oxygens (including phenoxy) is 2. The predicted molar refractivity (Wildman–Crippen MR) is 73.3 cm³/mol. The van der Waals surface area contributed by atoms with Gasteiger partial charge in [-0.1, -0.05) is 46.4 Å². The van der Waals surface area contributed by atoms with E-state index in [4.69, 9.17) is 55.9 Å². The van der Waals surface area contributed by atoms with Crippen molar-refractivity contribution in [3.63, 3.8) is 0 Å². The standard InChI is InChI=1S/C11H8Cl4O3/c12-8-5-7(17-3-1-10(14)15)6-9(13)11(8)18-4-2-16/h1-2,5-6H,3-4H2. The topological polar surface area (TPSA) is 35.5 Å². The third-order valence-corrected chi connectivity index (χ3v) is 2.63. The van der Waals surface area contributed by atoms with Gasteiger partial charge in [0.05, 0.1) is 10.0 Å². The van der Waals surface area contributed by atoms with E-state index in [2.05, 4.69) is 0 Å². The molecule has 0 amide bonds. The molecule has 0 saturated heterocycles. The van der Waals surface area contributed by atoms with Crippen LogP contribution in [0.4, 0.5) is 0 Å². The van der Waals surface area contributed by atoms with E-state index in [0.29, 0.717) is 12.0 Å². The van der Waals surface area contributed by atoms with Crippen LogP contribution in [-0.4, -0.2) is 19.5 Å². The first-order chi connectivity index (χ1) is 8.54. The minimum atomic E-state index is -0.121. The average molecular weight is 330 g/mol. The van der Waals surface area contributed by atoms with Crippen LogP contribution < -0.4 is 9.47 Å². The van der Waals surface area contributed by atoms with Gasteiger partial charge in [0, 0.05) is 12.1 Å². The summed E-state index contributed by atoms with van der Waals surface area (Å²) in [5.41, 5.74) is 0. The predicted octanol–water partition coefficient (Wildman–Crippen LogP) is 4.27. The highest BCUT2D eigenvalue weighted by Gasteiger charge is 2.10. The molecule has 0 aliphatic heterocycles. The fraction of sp³-hybridized carbons (Fsp3) is 0.182. The molecule has 1 rings (SSSR count). The van der Waals surface area contributed by atoms with E-state index in [1.165, 1.54) is 18.2 Å². The van der Waals surface area contributed by atoms with E-state index in [-0.39, 0.29) is 33.5 Å². The van der Waals surface area contributed by atoms with Gasteiger partial charge in [-0.15, -0.1) is 0 Å². The molecule has 0 aliphatic rings. The van der Waals surface area contributed by atoms with Crippen LogP contribution in [-0.2, 0) is 4.79 Å². The molecule has 0 aromatic heterocycles. The highest BCUT2D eigenvalue weighted by atomic mass is 35.5. The van der Waals surface area contributed by atoms with Gasteiger partial charge in [0.2, 0.25) is 0 Å². The van der Waals surface area contributed by atoms with Gasteiger partial charge >= 0.3 is 0 Å². The van der Waals surface area contributed by atoms with Crippen LogP contribution in [0.25, 0.3) is 0 Å². The Morgan fingerprint density at radius 3 is 2.22 bits per heavy atom. The van der Waals surface area contributed by atoms with Gasteiger partial charge in [-0.25, -0.2) is 0 Å². The second kappa shape index (κ2) is 7.74. The molecular formula is C11H8Cl4O3. The number of carbonyl (C=O) groups is 1. The molecule has 1 aromatic carbocycles. The van der Waals surface area contributed by atoms with Crippen molar-refractivity contribution in [2.45, 2.75) is 0 Å². The van der Waals surface area contributed by atoms with Crippen molar-refractivity contribution in [2.24, 2.45) is 0 Å². The van der Waals surface area contributed by atoms with Gasteiger partial charge in [0.15, 0.2) is 12.0 Å². The van der Waals surface area contributed by atoms with Crippen LogP contribution in [0.3, 0.4) is 0 Å². The minimum Gasteiger partial charge on any atom is -0.489 e. The fourth-order valence-electron chi connectivity index (χ4n) is 1.08. The Morgan fingerprint density at radius 2 is 1.72 bits per heavy atom. The van der Waals surface area contributed by atoms with E-state index in [1.807, 2.05) is 0 Å². The van der Waals surface area contributed by atoms with Crippen LogP contribution in [0.5, 0.6) is 11.5 Å². The molecule has 0 heterocycles. The zero-order chi connectivity index (χ0) is 13.5. The number of halogens is 4. The molecule has 0 N–H and O–H groups in total. The van der Waals surface area contributed by atoms with Gasteiger partial charge in [-0.05, 0) is 6.08 Å². The van der Waals surface area contributed by atoms with Gasteiger partial charge in [0.25, 0.3) is 0 Å². The average Bonchev–Trinajstić information content (AvgIpc) is 2.27. The van der Waals surface area contributed by atoms with E-state index in [9.17, 15) is 4.79 Å². The summed E-state index contributed by atoms with van der Waals surface area (Å²) >= 11 is 22.7. The van der Waals surface area contributed by atoms with Crippen LogP contribution in [0.15, 0.2) is 22.7 Å². The highest BCUT2D eigenvalue weighted by molar-refractivity contribution is 6.55. The summed E-state index contributed by atoms with van der Waals surface area (Å²) in [5, 5.41) is 0.501. The Balaban J connectivity index is 2.78. The Bertz CT molecular complexity index is 433. The summed E-state index contributed by atoms with van der Waals surface area (Å²) in [7, 11) is 0. The molecule has 0 fully saturated rings. The number of hydrogen-bond donors (Lipinski definition) is 0. The van der Waals surface area contributed by atoms with Crippen molar-refractivity contribution < 1.29 is 14.3 Å². The maximum atomic E-state index is 10.2. The van der Waals surface area contributed by atoms with Crippen molar-refractivity contribution >= 4 is 52.7 Å². The first-order valence-corrected chi connectivity index (χ1v) is 6.25. The first kappa shape index (κ1) is 15.4. The molecule has 0 unspecified atom stereocenters. The summed E-state index contributed by atoms with van der Waals surface area (Å²) in [6.07, 6.45) is 2.08. The van der Waals surface area contributed by atoms with Crippen molar-refractivity contribution in [1.29, 1.82) is 0 Å². The summed E-state index contributed by atoms with van der Waals surface area (Å²) in [5.74, 6) is 0.679. The SMILES string of the molecule is O=CCOc1c(Cl)cc(OCC=C(Cl)Cl)cc1Cl. The van der Waals surface area contributed by atoms with Crippen molar-refractivity contribution in [3.8, 4) is 11.5 Å². The fourth-order valence-corrected chi connectivity index (χ4v) is 1.78. The van der Waals surface area contributed by atoms with Crippen molar-refractivity contribution in [2.75, 3.05) is 13.2 Å². The largest absolute Gasteiger partial charge is 0.489 e. The van der Waals surface area contributed by atoms with Crippen LogP contribution in [0.2, 0.25) is 10.0 Å². The number of aldehydes is 1. The third kappa shape index (κ3) is 4.94. The molecule has 0 aliphatic carbocycles. The lowest BCUT2D eigenvalue weighted by molar-refractivity contribution is -0.109. The highest BCUT2D eigenvalue weighted by Crippen LogP contribution is 2.36. The zero-order valence-electron chi connectivity index (χ0n) is 8.96. The van der Waals surface area contributed by atoms with Crippen LogP contribution >= 0.6 is 46.4 Å². The van der Waals surface area contributed by atoms with E-state index < -0.39 is 0 Å². The molecule has 0 radical (unpaired) electrons. The van der Waals surface area contributed by atoms with Gasteiger partial charge in [-0.2, -0.15) is 0 Å². The lowest BCUT2D eigenvalue weighted by atomic mass is 10.3. The third-order valence-electron chi connectivity index (χ3n) is 1.76. The smallest absolute Gasteiger partial charge is 0.157 e. The second-order valence-corrected chi connectivity index (χ2v) is 4.82. The molecule has 0 saturated carbocycles. The molecule has 98 valence electrons. The Morgan fingerprint density at radius 1 is 1.11 bits per heavy atom. The quantitative estimate of drug-likeness (QED) is 0.731. The maximum Gasteiger partial charge on any atom is 0.157 e. The van der Waals surface area contributed by atoms with Crippen LogP contribution in [0, 0.1) is 0 Å². The van der Waals surface area contributed by atoms with Gasteiger partial charge in [-0.3, -0.25) is 4.79 Å². The number of carbonyl (C=O) groups excluding carboxylic acids is 1. The minimum absolute atomic E-state index is 0.109. The molecule has 0 spiro atoms. The summed E-state index contributed by atoms with van der Waals surface area (Å²) in [4.78, 5) is 10.2.